The Hall–Kier alpha value is -3.15. The molecule has 1 aromatic heterocycles. The van der Waals surface area contributed by atoms with E-state index in [0.29, 0.717) is 29.6 Å². The molecule has 0 aliphatic carbocycles. The second kappa shape index (κ2) is 8.69. The smallest absolute Gasteiger partial charge is 0.419 e. The van der Waals surface area contributed by atoms with Gasteiger partial charge < -0.3 is 9.15 Å². The molecule has 0 N–H and O–H groups in total. The SMILES string of the molecule is CCc1ccc(C(=O)C(C)OC(=O)CCCn2c(=O)oc3ccccc32)cc1. The number of ether oxygens (including phenoxy) is 1. The molecule has 1 heterocycles. The maximum absolute atomic E-state index is 12.4. The predicted molar refractivity (Wildman–Crippen MR) is 105 cm³/mol. The molecule has 6 nitrogen and oxygen atoms in total. The number of nitrogens with zero attached hydrogens (tertiary/aromatic N) is 1. The number of hydrogen-bond acceptors (Lipinski definition) is 5. The first-order chi connectivity index (χ1) is 13.5. The topological polar surface area (TPSA) is 78.5 Å². The van der Waals surface area contributed by atoms with E-state index in [1.54, 1.807) is 37.3 Å². The summed E-state index contributed by atoms with van der Waals surface area (Å²) in [6, 6.07) is 14.4. The summed E-state index contributed by atoms with van der Waals surface area (Å²) in [7, 11) is 0. The van der Waals surface area contributed by atoms with Gasteiger partial charge in [0.2, 0.25) is 5.78 Å². The molecular formula is C22H23NO5. The third-order valence-corrected chi connectivity index (χ3v) is 4.66. The minimum absolute atomic E-state index is 0.109. The number of para-hydroxylation sites is 2. The molecule has 0 radical (unpaired) electrons. The summed E-state index contributed by atoms with van der Waals surface area (Å²) in [4.78, 5) is 36.4. The first kappa shape index (κ1) is 19.6. The maximum atomic E-state index is 12.4. The lowest BCUT2D eigenvalue weighted by Gasteiger charge is -2.12. The van der Waals surface area contributed by atoms with Crippen molar-refractivity contribution in [1.29, 1.82) is 0 Å². The fourth-order valence-electron chi connectivity index (χ4n) is 3.06. The maximum Gasteiger partial charge on any atom is 0.419 e. The molecule has 1 atom stereocenters. The Kier molecular flexibility index (Phi) is 6.09. The van der Waals surface area contributed by atoms with E-state index in [-0.39, 0.29) is 12.2 Å². The van der Waals surface area contributed by atoms with E-state index in [1.807, 2.05) is 25.1 Å². The summed E-state index contributed by atoms with van der Waals surface area (Å²) in [5.74, 6) is -1.14. The van der Waals surface area contributed by atoms with E-state index in [9.17, 15) is 14.4 Å². The van der Waals surface area contributed by atoms with E-state index < -0.39 is 17.8 Å². The minimum atomic E-state index is -0.850. The number of Topliss-reactive ketones (excluding diaryl/α,β-unsaturated/α-hetero) is 1. The van der Waals surface area contributed by atoms with Crippen LogP contribution in [-0.2, 0) is 22.5 Å². The molecule has 2 aromatic carbocycles. The summed E-state index contributed by atoms with van der Waals surface area (Å²) in [6.07, 6.45) is 0.568. The predicted octanol–water partition coefficient (Wildman–Crippen LogP) is 3.75. The van der Waals surface area contributed by atoms with Crippen LogP contribution in [0, 0.1) is 0 Å². The molecule has 0 amide bonds. The highest BCUT2D eigenvalue weighted by atomic mass is 16.5. The number of fused-ring (bicyclic) bond motifs is 1. The van der Waals surface area contributed by atoms with Crippen molar-refractivity contribution in [2.75, 3.05) is 0 Å². The number of ketones is 1. The summed E-state index contributed by atoms with van der Waals surface area (Å²) >= 11 is 0. The monoisotopic (exact) mass is 381 g/mol. The third kappa shape index (κ3) is 4.39. The first-order valence-corrected chi connectivity index (χ1v) is 9.40. The van der Waals surface area contributed by atoms with Crippen LogP contribution in [0.25, 0.3) is 11.1 Å². The van der Waals surface area contributed by atoms with Crippen molar-refractivity contribution in [3.63, 3.8) is 0 Å². The van der Waals surface area contributed by atoms with E-state index in [2.05, 4.69) is 0 Å². The molecule has 146 valence electrons. The highest BCUT2D eigenvalue weighted by Crippen LogP contribution is 2.13. The Morgan fingerprint density at radius 1 is 1.11 bits per heavy atom. The largest absolute Gasteiger partial charge is 0.454 e. The summed E-state index contributed by atoms with van der Waals surface area (Å²) in [5, 5.41) is 0. The van der Waals surface area contributed by atoms with Gasteiger partial charge in [0.05, 0.1) is 5.52 Å². The van der Waals surface area contributed by atoms with Gasteiger partial charge in [-0.3, -0.25) is 14.2 Å². The molecule has 0 fully saturated rings. The molecule has 6 heteroatoms. The second-order valence-electron chi connectivity index (χ2n) is 6.64. The van der Waals surface area contributed by atoms with Gasteiger partial charge in [0.25, 0.3) is 0 Å². The molecule has 0 aliphatic heterocycles. The Balaban J connectivity index is 1.52. The van der Waals surface area contributed by atoms with E-state index in [4.69, 9.17) is 9.15 Å². The molecule has 0 saturated heterocycles. The van der Waals surface area contributed by atoms with Gasteiger partial charge in [-0.05, 0) is 37.5 Å². The van der Waals surface area contributed by atoms with Gasteiger partial charge in [0.1, 0.15) is 0 Å². The van der Waals surface area contributed by atoms with Gasteiger partial charge in [-0.1, -0.05) is 43.3 Å². The molecule has 1 unspecified atom stereocenters. The molecule has 3 aromatic rings. The number of aromatic nitrogens is 1. The third-order valence-electron chi connectivity index (χ3n) is 4.66. The van der Waals surface area contributed by atoms with Crippen molar-refractivity contribution in [3.05, 3.63) is 70.2 Å². The van der Waals surface area contributed by atoms with Crippen LogP contribution < -0.4 is 5.76 Å². The highest BCUT2D eigenvalue weighted by molar-refractivity contribution is 6.00. The van der Waals surface area contributed by atoms with Crippen molar-refractivity contribution in [3.8, 4) is 0 Å². The van der Waals surface area contributed by atoms with E-state index >= 15 is 0 Å². The lowest BCUT2D eigenvalue weighted by Crippen LogP contribution is -2.24. The fourth-order valence-corrected chi connectivity index (χ4v) is 3.06. The van der Waals surface area contributed by atoms with Crippen LogP contribution in [0.5, 0.6) is 0 Å². The van der Waals surface area contributed by atoms with Crippen LogP contribution in [0.1, 0.15) is 42.6 Å². The average molecular weight is 381 g/mol. The van der Waals surface area contributed by atoms with Crippen LogP contribution in [0.4, 0.5) is 0 Å². The number of hydrogen-bond donors (Lipinski definition) is 0. The highest BCUT2D eigenvalue weighted by Gasteiger charge is 2.19. The Morgan fingerprint density at radius 3 is 2.54 bits per heavy atom. The van der Waals surface area contributed by atoms with Crippen LogP contribution in [-0.4, -0.2) is 22.4 Å². The Labute approximate surface area is 162 Å². The minimum Gasteiger partial charge on any atom is -0.454 e. The van der Waals surface area contributed by atoms with Gasteiger partial charge >= 0.3 is 11.7 Å². The number of benzene rings is 2. The normalized spacial score (nSPS) is 12.1. The molecule has 28 heavy (non-hydrogen) atoms. The first-order valence-electron chi connectivity index (χ1n) is 9.40. The number of carbonyl (C=O) groups excluding carboxylic acids is 2. The Morgan fingerprint density at radius 2 is 1.82 bits per heavy atom. The lowest BCUT2D eigenvalue weighted by molar-refractivity contribution is -0.146. The van der Waals surface area contributed by atoms with E-state index in [1.165, 1.54) is 4.57 Å². The molecule has 3 rings (SSSR count). The number of oxazole rings is 1. The zero-order valence-corrected chi connectivity index (χ0v) is 16.0. The van der Waals surface area contributed by atoms with Crippen LogP contribution in [0.3, 0.4) is 0 Å². The molecule has 0 bridgehead atoms. The number of carbonyl (C=O) groups is 2. The van der Waals surface area contributed by atoms with Crippen molar-refractivity contribution >= 4 is 22.9 Å². The molecular weight excluding hydrogens is 358 g/mol. The fraction of sp³-hybridized carbons (Fsp3) is 0.318. The number of rotatable bonds is 8. The Bertz CT molecular complexity index is 1030. The lowest BCUT2D eigenvalue weighted by atomic mass is 10.0. The zero-order chi connectivity index (χ0) is 20.1. The van der Waals surface area contributed by atoms with Gasteiger partial charge in [0, 0.05) is 18.5 Å². The van der Waals surface area contributed by atoms with Crippen molar-refractivity contribution in [2.45, 2.75) is 45.8 Å². The van der Waals surface area contributed by atoms with Crippen molar-refractivity contribution in [1.82, 2.24) is 4.57 Å². The second-order valence-corrected chi connectivity index (χ2v) is 6.64. The molecule has 0 spiro atoms. The quantitative estimate of drug-likeness (QED) is 0.439. The van der Waals surface area contributed by atoms with Gasteiger partial charge in [-0.25, -0.2) is 4.79 Å². The summed E-state index contributed by atoms with van der Waals surface area (Å²) in [6.45, 7) is 3.95. The number of esters is 1. The van der Waals surface area contributed by atoms with E-state index in [0.717, 1.165) is 12.0 Å². The molecule has 0 saturated carbocycles. The van der Waals surface area contributed by atoms with Crippen LogP contribution >= 0.6 is 0 Å². The zero-order valence-electron chi connectivity index (χ0n) is 16.0. The summed E-state index contributed by atoms with van der Waals surface area (Å²) in [5.41, 5.74) is 2.88. The average Bonchev–Trinajstić information content (AvgIpc) is 3.02. The summed E-state index contributed by atoms with van der Waals surface area (Å²) < 4.78 is 11.9. The molecule has 0 aliphatic rings. The van der Waals surface area contributed by atoms with Gasteiger partial charge in [-0.15, -0.1) is 0 Å². The van der Waals surface area contributed by atoms with Crippen molar-refractivity contribution in [2.24, 2.45) is 0 Å². The van der Waals surface area contributed by atoms with Crippen LogP contribution in [0.15, 0.2) is 57.7 Å². The van der Waals surface area contributed by atoms with Crippen LogP contribution in [0.2, 0.25) is 0 Å². The standard InChI is InChI=1S/C22H23NO5/c1-3-16-10-12-17(13-11-16)21(25)15(2)27-20(24)9-6-14-23-18-7-4-5-8-19(18)28-22(23)26/h4-5,7-8,10-13,15H,3,6,9,14H2,1-2H3. The van der Waals surface area contributed by atoms with Gasteiger partial charge in [0.15, 0.2) is 11.7 Å². The van der Waals surface area contributed by atoms with Crippen molar-refractivity contribution < 1.29 is 18.7 Å². The number of aryl methyl sites for hydroxylation is 2. The van der Waals surface area contributed by atoms with Gasteiger partial charge in [-0.2, -0.15) is 0 Å².